The van der Waals surface area contributed by atoms with Crippen molar-refractivity contribution < 1.29 is 36.6 Å². The molecule has 184 valence electrons. The van der Waals surface area contributed by atoms with Crippen LogP contribution in [0, 0.1) is 5.82 Å². The van der Waals surface area contributed by atoms with E-state index in [1.807, 2.05) is 0 Å². The molecule has 11 heteroatoms. The van der Waals surface area contributed by atoms with Crippen LogP contribution < -0.4 is 28.6 Å². The van der Waals surface area contributed by atoms with Crippen molar-refractivity contribution in [3.63, 3.8) is 0 Å². The van der Waals surface area contributed by atoms with Crippen LogP contribution in [0.4, 0.5) is 10.1 Å². The van der Waals surface area contributed by atoms with Crippen LogP contribution in [-0.4, -0.2) is 41.9 Å². The molecule has 0 aliphatic carbocycles. The zero-order valence-corrected chi connectivity index (χ0v) is 19.8. The Labute approximate surface area is 202 Å². The van der Waals surface area contributed by atoms with Crippen LogP contribution in [0.5, 0.6) is 23.0 Å². The molecule has 0 radical (unpaired) electrons. The number of nitrogens with one attached hydrogen (secondary N) is 1. The van der Waals surface area contributed by atoms with Gasteiger partial charge in [0, 0.05) is 12.6 Å². The molecular weight excluding hydrogens is 479 g/mol. The first kappa shape index (κ1) is 24.1. The largest absolute Gasteiger partial charge is 0.493 e. The molecule has 4 rings (SSSR count). The van der Waals surface area contributed by atoms with Crippen LogP contribution in [-0.2, 0) is 21.4 Å². The number of nitrogens with zero attached hydrogens (tertiary/aromatic N) is 1. The highest BCUT2D eigenvalue weighted by atomic mass is 32.2. The molecule has 0 saturated heterocycles. The normalized spacial score (nSPS) is 12.2. The van der Waals surface area contributed by atoms with Gasteiger partial charge in [-0.3, -0.25) is 9.10 Å². The van der Waals surface area contributed by atoms with Crippen LogP contribution >= 0.6 is 0 Å². The van der Waals surface area contributed by atoms with E-state index in [1.165, 1.54) is 50.6 Å². The van der Waals surface area contributed by atoms with Gasteiger partial charge in [0.1, 0.15) is 12.4 Å². The minimum atomic E-state index is -4.36. The third-order valence-electron chi connectivity index (χ3n) is 5.28. The highest BCUT2D eigenvalue weighted by Gasteiger charge is 2.30. The standard InChI is InChI=1S/C24H23FN2O7S/c1-31-20-10-8-17(12-22(20)32-2)35(29,30)27(19-6-4-3-5-18(19)25)14-24(28)26-13-16-7-9-21-23(11-16)34-15-33-21/h3-12H,13-15H2,1-2H3,(H,26,28). The molecule has 35 heavy (non-hydrogen) atoms. The molecule has 0 spiro atoms. The molecule has 1 amide bonds. The van der Waals surface area contributed by atoms with Crippen molar-refractivity contribution in [1.82, 2.24) is 5.32 Å². The van der Waals surface area contributed by atoms with Crippen LogP contribution in [0.1, 0.15) is 5.56 Å². The Morgan fingerprint density at radius 2 is 1.74 bits per heavy atom. The third kappa shape index (κ3) is 5.09. The van der Waals surface area contributed by atoms with Crippen molar-refractivity contribution in [2.24, 2.45) is 0 Å². The molecule has 1 N–H and O–H groups in total. The number of hydrogen-bond acceptors (Lipinski definition) is 7. The number of benzene rings is 3. The van der Waals surface area contributed by atoms with Crippen LogP contribution in [0.25, 0.3) is 0 Å². The molecule has 0 atom stereocenters. The highest BCUT2D eigenvalue weighted by molar-refractivity contribution is 7.92. The summed E-state index contributed by atoms with van der Waals surface area (Å²) in [6.07, 6.45) is 0. The Balaban J connectivity index is 1.60. The maximum Gasteiger partial charge on any atom is 0.265 e. The van der Waals surface area contributed by atoms with Gasteiger partial charge in [-0.05, 0) is 42.0 Å². The molecule has 0 saturated carbocycles. The van der Waals surface area contributed by atoms with Gasteiger partial charge in [-0.2, -0.15) is 0 Å². The van der Waals surface area contributed by atoms with E-state index in [9.17, 15) is 17.6 Å². The molecular formula is C24H23FN2O7S. The zero-order chi connectivity index (χ0) is 25.0. The fourth-order valence-corrected chi connectivity index (χ4v) is 4.94. The summed E-state index contributed by atoms with van der Waals surface area (Å²) in [6.45, 7) is -0.421. The van der Waals surface area contributed by atoms with Crippen molar-refractivity contribution in [3.8, 4) is 23.0 Å². The van der Waals surface area contributed by atoms with Crippen molar-refractivity contribution in [2.75, 3.05) is 31.9 Å². The number of para-hydroxylation sites is 1. The van der Waals surface area contributed by atoms with Crippen LogP contribution in [0.15, 0.2) is 65.6 Å². The summed E-state index contributed by atoms with van der Waals surface area (Å²) in [5.74, 6) is 0.238. The summed E-state index contributed by atoms with van der Waals surface area (Å²) in [6, 6.07) is 14.5. The van der Waals surface area contributed by atoms with Crippen LogP contribution in [0.3, 0.4) is 0 Å². The van der Waals surface area contributed by atoms with Crippen LogP contribution in [0.2, 0.25) is 0 Å². The quantitative estimate of drug-likeness (QED) is 0.480. The Kier molecular flexibility index (Phi) is 6.97. The number of fused-ring (bicyclic) bond motifs is 1. The number of rotatable bonds is 9. The molecule has 0 unspecified atom stereocenters. The maximum absolute atomic E-state index is 14.7. The van der Waals surface area contributed by atoms with Gasteiger partial charge in [0.05, 0.1) is 24.8 Å². The first-order valence-corrected chi connectivity index (χ1v) is 11.9. The van der Waals surface area contributed by atoms with Crippen molar-refractivity contribution in [1.29, 1.82) is 0 Å². The Hall–Kier alpha value is -3.99. The molecule has 9 nitrogen and oxygen atoms in total. The molecule has 3 aromatic carbocycles. The Morgan fingerprint density at radius 1 is 1.00 bits per heavy atom. The van der Waals surface area contributed by atoms with Gasteiger partial charge in [-0.25, -0.2) is 12.8 Å². The van der Waals surface area contributed by atoms with Gasteiger partial charge in [0.15, 0.2) is 23.0 Å². The summed E-state index contributed by atoms with van der Waals surface area (Å²) in [4.78, 5) is 12.6. The third-order valence-corrected chi connectivity index (χ3v) is 7.03. The SMILES string of the molecule is COc1ccc(S(=O)(=O)N(CC(=O)NCc2ccc3c(c2)OCO3)c2ccccc2F)cc1OC. The topological polar surface area (TPSA) is 103 Å². The Bertz CT molecular complexity index is 1350. The monoisotopic (exact) mass is 502 g/mol. The molecule has 0 aromatic heterocycles. The fraction of sp³-hybridized carbons (Fsp3) is 0.208. The number of carbonyl (C=O) groups excluding carboxylic acids is 1. The number of anilines is 1. The van der Waals surface area contributed by atoms with Gasteiger partial charge >= 0.3 is 0 Å². The predicted octanol–water partition coefficient (Wildman–Crippen LogP) is 3.08. The van der Waals surface area contributed by atoms with E-state index < -0.39 is 28.3 Å². The van der Waals surface area contributed by atoms with Crippen molar-refractivity contribution in [2.45, 2.75) is 11.4 Å². The molecule has 0 bridgehead atoms. The van der Waals surface area contributed by atoms with Gasteiger partial charge in [0.2, 0.25) is 12.7 Å². The molecule has 3 aromatic rings. The van der Waals surface area contributed by atoms with Gasteiger partial charge in [-0.1, -0.05) is 18.2 Å². The van der Waals surface area contributed by atoms with Crippen molar-refractivity contribution >= 4 is 21.6 Å². The number of amides is 1. The summed E-state index contributed by atoms with van der Waals surface area (Å²) in [5.41, 5.74) is 0.461. The van der Waals surface area contributed by atoms with Gasteiger partial charge in [-0.15, -0.1) is 0 Å². The summed E-state index contributed by atoms with van der Waals surface area (Å²) >= 11 is 0. The summed E-state index contributed by atoms with van der Waals surface area (Å²) < 4.78 is 63.4. The Morgan fingerprint density at radius 3 is 2.49 bits per heavy atom. The van der Waals surface area contributed by atoms with E-state index in [2.05, 4.69) is 5.32 Å². The second kappa shape index (κ2) is 10.1. The highest BCUT2D eigenvalue weighted by Crippen LogP contribution is 2.34. The lowest BCUT2D eigenvalue weighted by Crippen LogP contribution is -2.41. The van der Waals surface area contributed by atoms with Gasteiger partial charge in [0.25, 0.3) is 10.0 Å². The number of ether oxygens (including phenoxy) is 4. The lowest BCUT2D eigenvalue weighted by molar-refractivity contribution is -0.119. The number of sulfonamides is 1. The first-order valence-electron chi connectivity index (χ1n) is 10.5. The average molecular weight is 503 g/mol. The van der Waals surface area contributed by atoms with E-state index in [0.29, 0.717) is 17.2 Å². The first-order chi connectivity index (χ1) is 16.8. The van der Waals surface area contributed by atoms with E-state index in [0.717, 1.165) is 15.9 Å². The van der Waals surface area contributed by atoms with E-state index in [-0.39, 0.29) is 29.7 Å². The second-order valence-electron chi connectivity index (χ2n) is 7.44. The molecule has 1 aliphatic rings. The van der Waals surface area contributed by atoms with E-state index in [4.69, 9.17) is 18.9 Å². The van der Waals surface area contributed by atoms with E-state index >= 15 is 0 Å². The maximum atomic E-state index is 14.7. The second-order valence-corrected chi connectivity index (χ2v) is 9.31. The average Bonchev–Trinajstić information content (AvgIpc) is 3.34. The minimum absolute atomic E-state index is 0.108. The number of carbonyl (C=O) groups is 1. The zero-order valence-electron chi connectivity index (χ0n) is 19.0. The molecule has 0 fully saturated rings. The number of methoxy groups -OCH3 is 2. The summed E-state index contributed by atoms with van der Waals surface area (Å²) in [7, 11) is -1.57. The predicted molar refractivity (Wildman–Crippen MR) is 125 cm³/mol. The van der Waals surface area contributed by atoms with Gasteiger partial charge < -0.3 is 24.3 Å². The lowest BCUT2D eigenvalue weighted by Gasteiger charge is -2.25. The summed E-state index contributed by atoms with van der Waals surface area (Å²) in [5, 5.41) is 2.67. The number of hydrogen-bond donors (Lipinski definition) is 1. The smallest absolute Gasteiger partial charge is 0.265 e. The fourth-order valence-electron chi connectivity index (χ4n) is 3.50. The van der Waals surface area contributed by atoms with E-state index in [1.54, 1.807) is 18.2 Å². The minimum Gasteiger partial charge on any atom is -0.493 e. The van der Waals surface area contributed by atoms with Crippen molar-refractivity contribution in [3.05, 3.63) is 72.0 Å². The lowest BCUT2D eigenvalue weighted by atomic mass is 10.2. The number of halogens is 1. The molecule has 1 aliphatic heterocycles. The molecule has 1 heterocycles.